The Hall–Kier alpha value is -1.26. The zero-order valence-electron chi connectivity index (χ0n) is 11.5. The molecule has 5 nitrogen and oxygen atoms in total. The Kier molecular flexibility index (Phi) is 5.44. The SMILES string of the molecule is CCC(C(=O)NC1CCC(CC)C1C)C(N)=NO. The van der Waals surface area contributed by atoms with E-state index in [1.54, 1.807) is 0 Å². The molecule has 0 radical (unpaired) electrons. The Labute approximate surface area is 109 Å². The molecule has 1 aliphatic rings. The number of carbonyl (C=O) groups is 1. The summed E-state index contributed by atoms with van der Waals surface area (Å²) < 4.78 is 0. The van der Waals surface area contributed by atoms with E-state index in [-0.39, 0.29) is 17.8 Å². The highest BCUT2D eigenvalue weighted by atomic mass is 16.4. The maximum atomic E-state index is 12.1. The average Bonchev–Trinajstić information content (AvgIpc) is 2.71. The van der Waals surface area contributed by atoms with Crippen LogP contribution in [0.25, 0.3) is 0 Å². The van der Waals surface area contributed by atoms with Crippen LogP contribution in [-0.4, -0.2) is 23.0 Å². The summed E-state index contributed by atoms with van der Waals surface area (Å²) >= 11 is 0. The van der Waals surface area contributed by atoms with Crippen molar-refractivity contribution < 1.29 is 10.0 Å². The van der Waals surface area contributed by atoms with Crippen LogP contribution >= 0.6 is 0 Å². The molecule has 1 amide bonds. The molecule has 0 aromatic rings. The summed E-state index contributed by atoms with van der Waals surface area (Å²) in [6, 6.07) is 0.225. The van der Waals surface area contributed by atoms with Gasteiger partial charge in [0.1, 0.15) is 0 Å². The smallest absolute Gasteiger partial charge is 0.231 e. The van der Waals surface area contributed by atoms with Gasteiger partial charge in [-0.25, -0.2) is 0 Å². The Morgan fingerprint density at radius 1 is 1.50 bits per heavy atom. The third kappa shape index (κ3) is 3.15. The molecular weight excluding hydrogens is 230 g/mol. The van der Waals surface area contributed by atoms with Gasteiger partial charge in [-0.1, -0.05) is 32.3 Å². The largest absolute Gasteiger partial charge is 0.409 e. The second-order valence-corrected chi connectivity index (χ2v) is 5.21. The van der Waals surface area contributed by atoms with E-state index < -0.39 is 5.92 Å². The van der Waals surface area contributed by atoms with Crippen molar-refractivity contribution >= 4 is 11.7 Å². The zero-order valence-corrected chi connectivity index (χ0v) is 11.5. The van der Waals surface area contributed by atoms with Gasteiger partial charge in [-0.2, -0.15) is 0 Å². The number of rotatable bonds is 5. The Morgan fingerprint density at radius 3 is 2.61 bits per heavy atom. The first kappa shape index (κ1) is 14.8. The third-order valence-corrected chi connectivity index (χ3v) is 4.28. The van der Waals surface area contributed by atoms with Gasteiger partial charge < -0.3 is 16.3 Å². The minimum atomic E-state index is -0.525. The predicted molar refractivity (Wildman–Crippen MR) is 71.3 cm³/mol. The molecule has 0 aliphatic heterocycles. The van der Waals surface area contributed by atoms with Gasteiger partial charge in [0.05, 0.1) is 5.92 Å². The van der Waals surface area contributed by atoms with Crippen LogP contribution < -0.4 is 11.1 Å². The highest BCUT2D eigenvalue weighted by molar-refractivity contribution is 6.02. The summed E-state index contributed by atoms with van der Waals surface area (Å²) in [5, 5.41) is 14.6. The molecule has 0 heterocycles. The molecule has 0 spiro atoms. The number of amides is 1. The van der Waals surface area contributed by atoms with E-state index in [1.807, 2.05) is 6.92 Å². The summed E-state index contributed by atoms with van der Waals surface area (Å²) in [6.07, 6.45) is 3.89. The summed E-state index contributed by atoms with van der Waals surface area (Å²) in [7, 11) is 0. The van der Waals surface area contributed by atoms with Gasteiger partial charge in [0.15, 0.2) is 5.84 Å². The standard InChI is InChI=1S/C13H25N3O2/c1-4-9-6-7-11(8(9)3)15-13(17)10(5-2)12(14)16-18/h8-11,18H,4-7H2,1-3H3,(H2,14,16)(H,15,17). The van der Waals surface area contributed by atoms with Crippen LogP contribution in [0.4, 0.5) is 0 Å². The molecule has 4 N–H and O–H groups in total. The van der Waals surface area contributed by atoms with Gasteiger partial charge in [0.2, 0.25) is 5.91 Å². The number of carbonyl (C=O) groups excluding carboxylic acids is 1. The van der Waals surface area contributed by atoms with Crippen LogP contribution in [0.5, 0.6) is 0 Å². The minimum Gasteiger partial charge on any atom is -0.409 e. The number of hydrogen-bond donors (Lipinski definition) is 3. The van der Waals surface area contributed by atoms with Crippen LogP contribution in [0.3, 0.4) is 0 Å². The van der Waals surface area contributed by atoms with Gasteiger partial charge in [-0.15, -0.1) is 0 Å². The number of nitrogens with two attached hydrogens (primary N) is 1. The Morgan fingerprint density at radius 2 is 2.17 bits per heavy atom. The van der Waals surface area contributed by atoms with Gasteiger partial charge in [-0.3, -0.25) is 4.79 Å². The average molecular weight is 255 g/mol. The Bertz CT molecular complexity index is 317. The molecule has 4 unspecified atom stereocenters. The summed E-state index contributed by atoms with van der Waals surface area (Å²) in [6.45, 7) is 6.24. The fourth-order valence-corrected chi connectivity index (χ4v) is 2.91. The van der Waals surface area contributed by atoms with E-state index in [4.69, 9.17) is 10.9 Å². The first-order valence-corrected chi connectivity index (χ1v) is 6.82. The third-order valence-electron chi connectivity index (χ3n) is 4.28. The number of hydrogen-bond acceptors (Lipinski definition) is 3. The zero-order chi connectivity index (χ0) is 13.7. The van der Waals surface area contributed by atoms with E-state index in [0.717, 1.165) is 12.8 Å². The van der Waals surface area contributed by atoms with Crippen LogP contribution in [-0.2, 0) is 4.79 Å². The molecule has 0 aromatic heterocycles. The van der Waals surface area contributed by atoms with Gasteiger partial charge in [0.25, 0.3) is 0 Å². The first-order valence-electron chi connectivity index (χ1n) is 6.82. The van der Waals surface area contributed by atoms with Crippen molar-refractivity contribution in [2.75, 3.05) is 0 Å². The van der Waals surface area contributed by atoms with Crippen molar-refractivity contribution in [2.24, 2.45) is 28.6 Å². The van der Waals surface area contributed by atoms with Crippen molar-refractivity contribution in [3.63, 3.8) is 0 Å². The lowest BCUT2D eigenvalue weighted by Gasteiger charge is -2.23. The molecule has 5 heteroatoms. The summed E-state index contributed by atoms with van der Waals surface area (Å²) in [5.74, 6) is 0.542. The molecule has 1 saturated carbocycles. The normalized spacial score (nSPS) is 30.2. The fourth-order valence-electron chi connectivity index (χ4n) is 2.91. The molecule has 18 heavy (non-hydrogen) atoms. The Balaban J connectivity index is 2.59. The minimum absolute atomic E-state index is 0.00677. The van der Waals surface area contributed by atoms with E-state index in [2.05, 4.69) is 24.3 Å². The number of nitrogens with zero attached hydrogens (tertiary/aromatic N) is 1. The van der Waals surface area contributed by atoms with Gasteiger partial charge >= 0.3 is 0 Å². The molecule has 0 bridgehead atoms. The number of oxime groups is 1. The quantitative estimate of drug-likeness (QED) is 0.302. The number of amidine groups is 1. The van der Waals surface area contributed by atoms with Crippen LogP contribution in [0.1, 0.15) is 46.5 Å². The second-order valence-electron chi connectivity index (χ2n) is 5.21. The lowest BCUT2D eigenvalue weighted by molar-refractivity contribution is -0.124. The lowest BCUT2D eigenvalue weighted by Crippen LogP contribution is -2.44. The van der Waals surface area contributed by atoms with E-state index in [9.17, 15) is 4.79 Å². The molecular formula is C13H25N3O2. The van der Waals surface area contributed by atoms with Gasteiger partial charge in [0, 0.05) is 6.04 Å². The van der Waals surface area contributed by atoms with Crippen LogP contribution in [0.2, 0.25) is 0 Å². The number of nitrogens with one attached hydrogen (secondary N) is 1. The molecule has 0 aromatic carbocycles. The van der Waals surface area contributed by atoms with Crippen molar-refractivity contribution in [1.29, 1.82) is 0 Å². The maximum absolute atomic E-state index is 12.1. The topological polar surface area (TPSA) is 87.7 Å². The fraction of sp³-hybridized carbons (Fsp3) is 0.846. The van der Waals surface area contributed by atoms with Gasteiger partial charge in [-0.05, 0) is 31.1 Å². The summed E-state index contributed by atoms with van der Waals surface area (Å²) in [4.78, 5) is 12.1. The molecule has 1 rings (SSSR count). The molecule has 104 valence electrons. The van der Waals surface area contributed by atoms with Crippen LogP contribution in [0.15, 0.2) is 5.16 Å². The van der Waals surface area contributed by atoms with Crippen molar-refractivity contribution in [2.45, 2.75) is 52.5 Å². The van der Waals surface area contributed by atoms with E-state index in [0.29, 0.717) is 18.3 Å². The lowest BCUT2D eigenvalue weighted by atomic mass is 9.93. The highest BCUT2D eigenvalue weighted by Gasteiger charge is 2.34. The molecule has 4 atom stereocenters. The highest BCUT2D eigenvalue weighted by Crippen LogP contribution is 2.34. The van der Waals surface area contributed by atoms with E-state index in [1.165, 1.54) is 6.42 Å². The van der Waals surface area contributed by atoms with E-state index >= 15 is 0 Å². The van der Waals surface area contributed by atoms with Crippen LogP contribution in [0, 0.1) is 17.8 Å². The maximum Gasteiger partial charge on any atom is 0.231 e. The molecule has 0 saturated heterocycles. The summed E-state index contributed by atoms with van der Waals surface area (Å²) in [5.41, 5.74) is 5.53. The monoisotopic (exact) mass is 255 g/mol. The van der Waals surface area contributed by atoms with Crippen molar-refractivity contribution in [3.8, 4) is 0 Å². The van der Waals surface area contributed by atoms with Crippen molar-refractivity contribution in [3.05, 3.63) is 0 Å². The van der Waals surface area contributed by atoms with Crippen molar-refractivity contribution in [1.82, 2.24) is 5.32 Å². The molecule has 1 aliphatic carbocycles. The second kappa shape index (κ2) is 6.61. The first-order chi connectivity index (χ1) is 8.54. The molecule has 1 fully saturated rings. The predicted octanol–water partition coefficient (Wildman–Crippen LogP) is 1.70.